The third-order valence-electron chi connectivity index (χ3n) is 3.88. The first-order valence-electron chi connectivity index (χ1n) is 7.13. The molecule has 1 unspecified atom stereocenters. The summed E-state index contributed by atoms with van der Waals surface area (Å²) >= 11 is 0. The maximum atomic E-state index is 3.62. The van der Waals surface area contributed by atoms with E-state index in [-0.39, 0.29) is 0 Å². The first-order chi connectivity index (χ1) is 8.61. The summed E-state index contributed by atoms with van der Waals surface area (Å²) in [6, 6.07) is 8.07. The van der Waals surface area contributed by atoms with E-state index in [1.54, 1.807) is 0 Å². The Balaban J connectivity index is 2.13. The summed E-state index contributed by atoms with van der Waals surface area (Å²) in [7, 11) is 2.06. The van der Waals surface area contributed by atoms with Crippen molar-refractivity contribution < 1.29 is 0 Å². The molecule has 1 aliphatic carbocycles. The highest BCUT2D eigenvalue weighted by Crippen LogP contribution is 2.24. The molecule has 1 saturated carbocycles. The van der Waals surface area contributed by atoms with Crippen molar-refractivity contribution in [3.05, 3.63) is 34.9 Å². The predicted molar refractivity (Wildman–Crippen MR) is 78.1 cm³/mol. The molecule has 1 aromatic carbocycles. The highest BCUT2D eigenvalue weighted by Gasteiger charge is 2.22. The zero-order chi connectivity index (χ0) is 13.1. The highest BCUT2D eigenvalue weighted by atomic mass is 15.0. The van der Waals surface area contributed by atoms with E-state index in [0.717, 1.165) is 12.6 Å². The van der Waals surface area contributed by atoms with Gasteiger partial charge in [-0.2, -0.15) is 0 Å². The molecular weight excluding hydrogens is 220 g/mol. The molecule has 1 atom stereocenters. The van der Waals surface area contributed by atoms with E-state index in [2.05, 4.69) is 56.7 Å². The fourth-order valence-corrected chi connectivity index (χ4v) is 2.33. The summed E-state index contributed by atoms with van der Waals surface area (Å²) in [4.78, 5) is 0. The summed E-state index contributed by atoms with van der Waals surface area (Å²) in [5.41, 5.74) is 4.26. The molecule has 0 heterocycles. The summed E-state index contributed by atoms with van der Waals surface area (Å²) in [6.45, 7) is 7.75. The van der Waals surface area contributed by atoms with Crippen molar-refractivity contribution in [2.24, 2.45) is 0 Å². The van der Waals surface area contributed by atoms with Gasteiger partial charge in [-0.25, -0.2) is 0 Å². The predicted octanol–water partition coefficient (Wildman–Crippen LogP) is 3.13. The molecule has 0 amide bonds. The van der Waals surface area contributed by atoms with Crippen LogP contribution in [0.3, 0.4) is 0 Å². The van der Waals surface area contributed by atoms with Crippen molar-refractivity contribution in [2.75, 3.05) is 13.6 Å². The van der Waals surface area contributed by atoms with E-state index in [0.29, 0.717) is 12.0 Å². The topological polar surface area (TPSA) is 24.1 Å². The highest BCUT2D eigenvalue weighted by molar-refractivity contribution is 5.35. The number of likely N-dealkylation sites (N-methyl/N-ethyl adjacent to an activating group) is 1. The SMILES string of the molecule is CNC(CNC1CC1)c1cc(C(C)C)ccc1C. The molecule has 1 aromatic rings. The average molecular weight is 246 g/mol. The van der Waals surface area contributed by atoms with Gasteiger partial charge in [-0.05, 0) is 49.4 Å². The summed E-state index contributed by atoms with van der Waals surface area (Å²) in [5, 5.41) is 7.07. The zero-order valence-electron chi connectivity index (χ0n) is 12.1. The second-order valence-electron chi connectivity index (χ2n) is 5.79. The van der Waals surface area contributed by atoms with Crippen LogP contribution in [0, 0.1) is 6.92 Å². The van der Waals surface area contributed by atoms with Crippen LogP contribution in [0.15, 0.2) is 18.2 Å². The maximum Gasteiger partial charge on any atom is 0.0447 e. The van der Waals surface area contributed by atoms with Crippen molar-refractivity contribution >= 4 is 0 Å². The Morgan fingerprint density at radius 2 is 2.00 bits per heavy atom. The molecule has 2 N–H and O–H groups in total. The van der Waals surface area contributed by atoms with Crippen LogP contribution in [0.2, 0.25) is 0 Å². The molecule has 0 bridgehead atoms. The molecular formula is C16H26N2. The Morgan fingerprint density at radius 3 is 2.56 bits per heavy atom. The lowest BCUT2D eigenvalue weighted by Gasteiger charge is -2.21. The van der Waals surface area contributed by atoms with Gasteiger partial charge in [0, 0.05) is 18.6 Å². The van der Waals surface area contributed by atoms with Gasteiger partial charge in [0.05, 0.1) is 0 Å². The van der Waals surface area contributed by atoms with Gasteiger partial charge in [0.2, 0.25) is 0 Å². The van der Waals surface area contributed by atoms with Gasteiger partial charge in [0.25, 0.3) is 0 Å². The lowest BCUT2D eigenvalue weighted by molar-refractivity contribution is 0.523. The van der Waals surface area contributed by atoms with Crippen LogP contribution >= 0.6 is 0 Å². The smallest absolute Gasteiger partial charge is 0.0447 e. The lowest BCUT2D eigenvalue weighted by Crippen LogP contribution is -2.31. The molecule has 18 heavy (non-hydrogen) atoms. The quantitative estimate of drug-likeness (QED) is 0.806. The first kappa shape index (κ1) is 13.6. The first-order valence-corrected chi connectivity index (χ1v) is 7.13. The van der Waals surface area contributed by atoms with Crippen LogP contribution < -0.4 is 10.6 Å². The van der Waals surface area contributed by atoms with Crippen LogP contribution in [0.4, 0.5) is 0 Å². The number of benzene rings is 1. The monoisotopic (exact) mass is 246 g/mol. The number of hydrogen-bond acceptors (Lipinski definition) is 2. The minimum Gasteiger partial charge on any atom is -0.312 e. The Bertz CT molecular complexity index is 394. The van der Waals surface area contributed by atoms with Crippen LogP contribution in [-0.4, -0.2) is 19.6 Å². The van der Waals surface area contributed by atoms with Crippen molar-refractivity contribution in [2.45, 2.75) is 51.6 Å². The van der Waals surface area contributed by atoms with Gasteiger partial charge in [0.15, 0.2) is 0 Å². The van der Waals surface area contributed by atoms with Crippen molar-refractivity contribution in [1.29, 1.82) is 0 Å². The Kier molecular flexibility index (Phi) is 4.41. The van der Waals surface area contributed by atoms with Gasteiger partial charge in [0.1, 0.15) is 0 Å². The molecule has 0 spiro atoms. The van der Waals surface area contributed by atoms with Gasteiger partial charge in [-0.1, -0.05) is 32.0 Å². The van der Waals surface area contributed by atoms with Gasteiger partial charge in [-0.3, -0.25) is 0 Å². The molecule has 2 rings (SSSR count). The zero-order valence-corrected chi connectivity index (χ0v) is 12.1. The Hall–Kier alpha value is -0.860. The number of nitrogens with one attached hydrogen (secondary N) is 2. The summed E-state index contributed by atoms with van der Waals surface area (Å²) < 4.78 is 0. The number of rotatable bonds is 6. The van der Waals surface area contributed by atoms with Crippen LogP contribution in [0.1, 0.15) is 55.3 Å². The number of hydrogen-bond donors (Lipinski definition) is 2. The summed E-state index contributed by atoms with van der Waals surface area (Å²) in [6.07, 6.45) is 2.70. The molecule has 0 radical (unpaired) electrons. The van der Waals surface area contributed by atoms with Gasteiger partial charge >= 0.3 is 0 Å². The van der Waals surface area contributed by atoms with Gasteiger partial charge < -0.3 is 10.6 Å². The molecule has 1 fully saturated rings. The minimum atomic E-state index is 0.421. The average Bonchev–Trinajstić information content (AvgIpc) is 3.15. The van der Waals surface area contributed by atoms with E-state index >= 15 is 0 Å². The molecule has 0 aliphatic heterocycles. The van der Waals surface area contributed by atoms with Crippen molar-refractivity contribution in [1.82, 2.24) is 10.6 Å². The third-order valence-corrected chi connectivity index (χ3v) is 3.88. The Morgan fingerprint density at radius 1 is 1.28 bits per heavy atom. The van der Waals surface area contributed by atoms with Crippen LogP contribution in [-0.2, 0) is 0 Å². The van der Waals surface area contributed by atoms with E-state index in [1.807, 2.05) is 0 Å². The molecule has 2 nitrogen and oxygen atoms in total. The molecule has 0 aromatic heterocycles. The van der Waals surface area contributed by atoms with E-state index in [1.165, 1.54) is 29.5 Å². The van der Waals surface area contributed by atoms with Crippen molar-refractivity contribution in [3.8, 4) is 0 Å². The lowest BCUT2D eigenvalue weighted by atomic mass is 9.94. The normalized spacial score (nSPS) is 17.2. The minimum absolute atomic E-state index is 0.421. The summed E-state index contributed by atoms with van der Waals surface area (Å²) in [5.74, 6) is 0.596. The molecule has 2 heteroatoms. The fourth-order valence-electron chi connectivity index (χ4n) is 2.33. The Labute approximate surface area is 111 Å². The third kappa shape index (κ3) is 3.33. The largest absolute Gasteiger partial charge is 0.312 e. The second-order valence-corrected chi connectivity index (χ2v) is 5.79. The van der Waals surface area contributed by atoms with Gasteiger partial charge in [-0.15, -0.1) is 0 Å². The molecule has 100 valence electrons. The number of aryl methyl sites for hydroxylation is 1. The van der Waals surface area contributed by atoms with Crippen LogP contribution in [0.5, 0.6) is 0 Å². The standard InChI is InChI=1S/C16H26N2/c1-11(2)13-6-5-12(3)15(9-13)16(17-4)10-18-14-7-8-14/h5-6,9,11,14,16-18H,7-8,10H2,1-4H3. The fraction of sp³-hybridized carbons (Fsp3) is 0.625. The molecule has 1 aliphatic rings. The van der Waals surface area contributed by atoms with E-state index < -0.39 is 0 Å². The van der Waals surface area contributed by atoms with Crippen molar-refractivity contribution in [3.63, 3.8) is 0 Å². The maximum absolute atomic E-state index is 3.62. The van der Waals surface area contributed by atoms with E-state index in [4.69, 9.17) is 0 Å². The van der Waals surface area contributed by atoms with E-state index in [9.17, 15) is 0 Å². The second kappa shape index (κ2) is 5.85. The van der Waals surface area contributed by atoms with Crippen LogP contribution in [0.25, 0.3) is 0 Å². The molecule has 0 saturated heterocycles.